The van der Waals surface area contributed by atoms with E-state index in [1.54, 1.807) is 0 Å². The fourth-order valence-corrected chi connectivity index (χ4v) is 2.33. The lowest BCUT2D eigenvalue weighted by Gasteiger charge is -2.31. The molecule has 0 radical (unpaired) electrons. The van der Waals surface area contributed by atoms with E-state index in [9.17, 15) is 0 Å². The number of hydrogen-bond donors (Lipinski definition) is 0. The summed E-state index contributed by atoms with van der Waals surface area (Å²) < 4.78 is 2.19. The van der Waals surface area contributed by atoms with Gasteiger partial charge in [-0.25, -0.2) is 0 Å². The summed E-state index contributed by atoms with van der Waals surface area (Å²) in [4.78, 5) is 2.52. The van der Waals surface area contributed by atoms with E-state index < -0.39 is 0 Å². The molecule has 0 bridgehead atoms. The van der Waals surface area contributed by atoms with E-state index in [2.05, 4.69) is 56.2 Å². The largest absolute Gasteiger partial charge is 0.288 e. The quantitative estimate of drug-likeness (QED) is 0.727. The Morgan fingerprint density at radius 3 is 2.31 bits per heavy atom. The Bertz CT molecular complexity index is 396. The molecule has 0 saturated carbocycles. The van der Waals surface area contributed by atoms with Crippen molar-refractivity contribution in [2.24, 2.45) is 0 Å². The average Bonchev–Trinajstić information content (AvgIpc) is 2.65. The molecule has 1 aromatic rings. The molecule has 1 aromatic heterocycles. The summed E-state index contributed by atoms with van der Waals surface area (Å²) in [5.74, 6) is 0. The second-order valence-electron chi connectivity index (χ2n) is 6.08. The van der Waals surface area contributed by atoms with E-state index >= 15 is 0 Å². The fourth-order valence-electron chi connectivity index (χ4n) is 2.33. The minimum atomic E-state index is 0.243. The van der Waals surface area contributed by atoms with Crippen LogP contribution in [-0.2, 0) is 13.1 Å². The molecule has 0 unspecified atom stereocenters. The SMILES string of the molecule is Cc1nn(C(C)C)c2c1CN(C(C)(C)C)C2. The Labute approximate surface area is 98.4 Å². The van der Waals surface area contributed by atoms with Crippen molar-refractivity contribution < 1.29 is 0 Å². The van der Waals surface area contributed by atoms with Crippen molar-refractivity contribution in [3.8, 4) is 0 Å². The number of fused-ring (bicyclic) bond motifs is 1. The van der Waals surface area contributed by atoms with Gasteiger partial charge >= 0.3 is 0 Å². The zero-order chi connectivity index (χ0) is 12.1. The number of nitrogens with zero attached hydrogens (tertiary/aromatic N) is 3. The van der Waals surface area contributed by atoms with Gasteiger partial charge in [-0.2, -0.15) is 5.10 Å². The van der Waals surface area contributed by atoms with Crippen molar-refractivity contribution in [2.45, 2.75) is 66.2 Å². The summed E-state index contributed by atoms with van der Waals surface area (Å²) in [7, 11) is 0. The van der Waals surface area contributed by atoms with Gasteiger partial charge in [0.25, 0.3) is 0 Å². The number of rotatable bonds is 1. The highest BCUT2D eigenvalue weighted by Gasteiger charge is 2.32. The number of aryl methyl sites for hydroxylation is 1. The first-order valence-corrected chi connectivity index (χ1v) is 6.12. The lowest BCUT2D eigenvalue weighted by molar-refractivity contribution is 0.132. The predicted molar refractivity (Wildman–Crippen MR) is 66.3 cm³/mol. The third-order valence-corrected chi connectivity index (χ3v) is 3.45. The number of hydrogen-bond acceptors (Lipinski definition) is 2. The molecule has 0 spiro atoms. The second kappa shape index (κ2) is 3.59. The predicted octanol–water partition coefficient (Wildman–Crippen LogP) is 2.89. The minimum absolute atomic E-state index is 0.243. The standard InChI is InChI=1S/C13H23N3/c1-9(2)16-12-8-15(13(4,5)6)7-11(12)10(3)14-16/h9H,7-8H2,1-6H3. The van der Waals surface area contributed by atoms with Gasteiger partial charge in [0.2, 0.25) is 0 Å². The Hall–Kier alpha value is -0.830. The van der Waals surface area contributed by atoms with Crippen LogP contribution in [0.15, 0.2) is 0 Å². The molecule has 2 heterocycles. The summed E-state index contributed by atoms with van der Waals surface area (Å²) in [6, 6.07) is 0.461. The summed E-state index contributed by atoms with van der Waals surface area (Å²) >= 11 is 0. The third kappa shape index (κ3) is 1.77. The molecule has 0 aromatic carbocycles. The maximum atomic E-state index is 4.64. The van der Waals surface area contributed by atoms with Crippen LogP contribution in [0.2, 0.25) is 0 Å². The monoisotopic (exact) mass is 221 g/mol. The molecule has 0 saturated heterocycles. The summed E-state index contributed by atoms with van der Waals surface area (Å²) in [6.07, 6.45) is 0. The highest BCUT2D eigenvalue weighted by Crippen LogP contribution is 2.32. The molecule has 90 valence electrons. The van der Waals surface area contributed by atoms with Gasteiger partial charge < -0.3 is 0 Å². The smallest absolute Gasteiger partial charge is 0.0642 e. The first-order chi connectivity index (χ1) is 7.30. The van der Waals surface area contributed by atoms with Crippen LogP contribution in [0.5, 0.6) is 0 Å². The highest BCUT2D eigenvalue weighted by atomic mass is 15.3. The molecule has 0 atom stereocenters. The van der Waals surface area contributed by atoms with E-state index in [0.29, 0.717) is 6.04 Å². The first-order valence-electron chi connectivity index (χ1n) is 6.12. The van der Waals surface area contributed by atoms with Gasteiger partial charge in [-0.05, 0) is 41.5 Å². The van der Waals surface area contributed by atoms with Crippen molar-refractivity contribution in [1.82, 2.24) is 14.7 Å². The summed E-state index contributed by atoms with van der Waals surface area (Å²) in [6.45, 7) is 15.5. The van der Waals surface area contributed by atoms with Crippen LogP contribution in [-0.4, -0.2) is 20.2 Å². The van der Waals surface area contributed by atoms with E-state index in [0.717, 1.165) is 13.1 Å². The minimum Gasteiger partial charge on any atom is -0.288 e. The normalized spacial score (nSPS) is 17.2. The number of aromatic nitrogens is 2. The fraction of sp³-hybridized carbons (Fsp3) is 0.769. The maximum absolute atomic E-state index is 4.64. The Kier molecular flexibility index (Phi) is 2.61. The van der Waals surface area contributed by atoms with Gasteiger partial charge in [-0.15, -0.1) is 0 Å². The van der Waals surface area contributed by atoms with Crippen LogP contribution < -0.4 is 0 Å². The van der Waals surface area contributed by atoms with Crippen molar-refractivity contribution in [3.63, 3.8) is 0 Å². The van der Waals surface area contributed by atoms with Crippen LogP contribution in [0.3, 0.4) is 0 Å². The van der Waals surface area contributed by atoms with Crippen LogP contribution in [0.1, 0.15) is 57.6 Å². The van der Waals surface area contributed by atoms with Gasteiger partial charge in [0, 0.05) is 30.2 Å². The lowest BCUT2D eigenvalue weighted by atomic mass is 10.1. The molecular formula is C13H23N3. The molecular weight excluding hydrogens is 198 g/mol. The lowest BCUT2D eigenvalue weighted by Crippen LogP contribution is -2.37. The van der Waals surface area contributed by atoms with Gasteiger partial charge in [0.1, 0.15) is 0 Å². The zero-order valence-corrected chi connectivity index (χ0v) is 11.3. The van der Waals surface area contributed by atoms with Crippen LogP contribution in [0.4, 0.5) is 0 Å². The molecule has 0 fully saturated rings. The van der Waals surface area contributed by atoms with Crippen LogP contribution in [0.25, 0.3) is 0 Å². The molecule has 0 N–H and O–H groups in total. The average molecular weight is 221 g/mol. The Balaban J connectivity index is 2.34. The van der Waals surface area contributed by atoms with Gasteiger partial charge in [-0.1, -0.05) is 0 Å². The van der Waals surface area contributed by atoms with Crippen LogP contribution >= 0.6 is 0 Å². The van der Waals surface area contributed by atoms with E-state index in [1.807, 2.05) is 0 Å². The molecule has 0 aliphatic carbocycles. The molecule has 16 heavy (non-hydrogen) atoms. The van der Waals surface area contributed by atoms with Gasteiger partial charge in [-0.3, -0.25) is 9.58 Å². The molecule has 3 nitrogen and oxygen atoms in total. The maximum Gasteiger partial charge on any atom is 0.0642 e. The van der Waals surface area contributed by atoms with Crippen molar-refractivity contribution in [3.05, 3.63) is 17.0 Å². The Morgan fingerprint density at radius 2 is 1.81 bits per heavy atom. The second-order valence-corrected chi connectivity index (χ2v) is 6.08. The highest BCUT2D eigenvalue weighted by molar-refractivity contribution is 5.30. The van der Waals surface area contributed by atoms with E-state index in [4.69, 9.17) is 0 Å². The van der Waals surface area contributed by atoms with Gasteiger partial charge in [0.05, 0.1) is 11.4 Å². The van der Waals surface area contributed by atoms with E-state index in [-0.39, 0.29) is 5.54 Å². The van der Waals surface area contributed by atoms with Crippen molar-refractivity contribution in [1.29, 1.82) is 0 Å². The zero-order valence-electron chi connectivity index (χ0n) is 11.3. The molecule has 0 amide bonds. The Morgan fingerprint density at radius 1 is 1.19 bits per heavy atom. The van der Waals surface area contributed by atoms with Crippen LogP contribution in [0, 0.1) is 6.92 Å². The van der Waals surface area contributed by atoms with Crippen molar-refractivity contribution >= 4 is 0 Å². The first kappa shape index (κ1) is 11.6. The molecule has 1 aliphatic rings. The molecule has 2 rings (SSSR count). The van der Waals surface area contributed by atoms with Gasteiger partial charge in [0.15, 0.2) is 0 Å². The third-order valence-electron chi connectivity index (χ3n) is 3.45. The van der Waals surface area contributed by atoms with Crippen molar-refractivity contribution in [2.75, 3.05) is 0 Å². The summed E-state index contributed by atoms with van der Waals surface area (Å²) in [5.41, 5.74) is 4.31. The topological polar surface area (TPSA) is 21.1 Å². The van der Waals surface area contributed by atoms with E-state index in [1.165, 1.54) is 17.0 Å². The molecule has 3 heteroatoms. The molecule has 1 aliphatic heterocycles. The summed E-state index contributed by atoms with van der Waals surface area (Å²) in [5, 5.41) is 4.64.